The van der Waals surface area contributed by atoms with Crippen LogP contribution < -0.4 is 4.74 Å². The zero-order chi connectivity index (χ0) is 22.0. The van der Waals surface area contributed by atoms with Gasteiger partial charge in [0, 0.05) is 25.8 Å². The van der Waals surface area contributed by atoms with Crippen molar-refractivity contribution in [2.24, 2.45) is 0 Å². The molecule has 0 atom stereocenters. The lowest BCUT2D eigenvalue weighted by Crippen LogP contribution is -2.03. The molecular formula is C22H15BrCl2FN3OS. The molecule has 0 amide bonds. The molecule has 0 radical (unpaired) electrons. The molecule has 0 saturated carbocycles. The minimum Gasteiger partial charge on any atom is -0.495 e. The molecule has 0 aliphatic carbocycles. The van der Waals surface area contributed by atoms with Gasteiger partial charge in [-0.15, -0.1) is 10.2 Å². The van der Waals surface area contributed by atoms with Gasteiger partial charge < -0.3 is 4.74 Å². The number of rotatable bonds is 6. The lowest BCUT2D eigenvalue weighted by Gasteiger charge is -2.14. The molecule has 0 saturated heterocycles. The highest BCUT2D eigenvalue weighted by Crippen LogP contribution is 2.36. The molecule has 1 aromatic heterocycles. The van der Waals surface area contributed by atoms with Crippen molar-refractivity contribution < 1.29 is 9.13 Å². The number of nitrogens with zero attached hydrogens (tertiary/aromatic N) is 3. The minimum atomic E-state index is -0.289. The summed E-state index contributed by atoms with van der Waals surface area (Å²) in [5.74, 6) is 1.25. The van der Waals surface area contributed by atoms with Crippen LogP contribution in [0.2, 0.25) is 10.0 Å². The van der Waals surface area contributed by atoms with Crippen LogP contribution in [-0.4, -0.2) is 21.9 Å². The number of hydrogen-bond acceptors (Lipinski definition) is 4. The van der Waals surface area contributed by atoms with Crippen LogP contribution in [-0.2, 0) is 5.75 Å². The standard InChI is InChI=1S/C22H15BrCl2FN3OS/c1-30-20-8-7-17(25)11-19(20)29-21(13-3-2-4-16(24)9-13)27-28-22(29)31-12-14-5-6-15(23)10-18(14)26/h2-11H,12H2,1H3. The van der Waals surface area contributed by atoms with Crippen molar-refractivity contribution in [3.8, 4) is 22.8 Å². The van der Waals surface area contributed by atoms with E-state index in [4.69, 9.17) is 27.9 Å². The van der Waals surface area contributed by atoms with Crippen LogP contribution in [0.4, 0.5) is 4.39 Å². The van der Waals surface area contributed by atoms with Gasteiger partial charge in [-0.3, -0.25) is 4.57 Å². The van der Waals surface area contributed by atoms with Gasteiger partial charge in [-0.1, -0.05) is 69.1 Å². The van der Waals surface area contributed by atoms with E-state index in [9.17, 15) is 4.39 Å². The average molecular weight is 539 g/mol. The number of hydrogen-bond donors (Lipinski definition) is 0. The second-order valence-corrected chi connectivity index (χ2v) is 9.22. The smallest absolute Gasteiger partial charge is 0.196 e. The summed E-state index contributed by atoms with van der Waals surface area (Å²) in [6.07, 6.45) is 0. The van der Waals surface area contributed by atoms with Crippen LogP contribution >= 0.6 is 50.9 Å². The van der Waals surface area contributed by atoms with Crippen LogP contribution in [0.3, 0.4) is 0 Å². The fraction of sp³-hybridized carbons (Fsp3) is 0.0909. The van der Waals surface area contributed by atoms with Gasteiger partial charge in [0.15, 0.2) is 11.0 Å². The van der Waals surface area contributed by atoms with Crippen molar-refractivity contribution in [2.45, 2.75) is 10.9 Å². The van der Waals surface area contributed by atoms with Gasteiger partial charge >= 0.3 is 0 Å². The van der Waals surface area contributed by atoms with Gasteiger partial charge in [-0.25, -0.2) is 4.39 Å². The van der Waals surface area contributed by atoms with Crippen molar-refractivity contribution in [3.05, 3.63) is 86.6 Å². The first-order valence-electron chi connectivity index (χ1n) is 9.08. The maximum Gasteiger partial charge on any atom is 0.196 e. The molecule has 0 fully saturated rings. The Hall–Kier alpha value is -2.06. The Morgan fingerprint density at radius 2 is 1.84 bits per heavy atom. The Labute approximate surface area is 201 Å². The third kappa shape index (κ3) is 4.90. The fourth-order valence-electron chi connectivity index (χ4n) is 3.01. The number of benzene rings is 3. The number of ether oxygens (including phenoxy) is 1. The molecule has 0 bridgehead atoms. The summed E-state index contributed by atoms with van der Waals surface area (Å²) in [6, 6.07) is 17.6. The van der Waals surface area contributed by atoms with Gasteiger partial charge in [0.05, 0.1) is 12.8 Å². The third-order valence-electron chi connectivity index (χ3n) is 4.47. The van der Waals surface area contributed by atoms with E-state index in [1.807, 2.05) is 22.8 Å². The summed E-state index contributed by atoms with van der Waals surface area (Å²) in [4.78, 5) is 0. The second kappa shape index (κ2) is 9.61. The van der Waals surface area contributed by atoms with Gasteiger partial charge in [0.1, 0.15) is 11.6 Å². The van der Waals surface area contributed by atoms with Gasteiger partial charge in [0.25, 0.3) is 0 Å². The summed E-state index contributed by atoms with van der Waals surface area (Å²) >= 11 is 17.1. The third-order valence-corrected chi connectivity index (χ3v) is 6.41. The lowest BCUT2D eigenvalue weighted by molar-refractivity contribution is 0.412. The number of aromatic nitrogens is 3. The normalized spacial score (nSPS) is 11.0. The van der Waals surface area contributed by atoms with E-state index in [2.05, 4.69) is 26.1 Å². The van der Waals surface area contributed by atoms with Crippen LogP contribution in [0.15, 0.2) is 70.3 Å². The summed E-state index contributed by atoms with van der Waals surface area (Å²) in [5.41, 5.74) is 2.02. The van der Waals surface area contributed by atoms with Crippen LogP contribution in [0.25, 0.3) is 17.1 Å². The Bertz CT molecular complexity index is 1250. The minimum absolute atomic E-state index is 0.289. The lowest BCUT2D eigenvalue weighted by atomic mass is 10.2. The van der Waals surface area contributed by atoms with Gasteiger partial charge in [0.2, 0.25) is 0 Å². The van der Waals surface area contributed by atoms with Gasteiger partial charge in [-0.2, -0.15) is 0 Å². The molecule has 0 spiro atoms. The van der Waals surface area contributed by atoms with Gasteiger partial charge in [-0.05, 0) is 48.0 Å². The monoisotopic (exact) mass is 537 g/mol. The molecule has 0 aliphatic rings. The molecule has 31 heavy (non-hydrogen) atoms. The van der Waals surface area contributed by atoms with Crippen molar-refractivity contribution in [2.75, 3.05) is 7.11 Å². The molecule has 0 unspecified atom stereocenters. The number of thioether (sulfide) groups is 1. The summed E-state index contributed by atoms with van der Waals surface area (Å²) in [7, 11) is 1.58. The largest absolute Gasteiger partial charge is 0.495 e. The molecule has 1 heterocycles. The van der Waals surface area contributed by atoms with E-state index in [0.29, 0.717) is 48.3 Å². The maximum atomic E-state index is 14.3. The molecule has 4 aromatic rings. The molecule has 158 valence electrons. The quantitative estimate of drug-likeness (QED) is 0.239. The highest BCUT2D eigenvalue weighted by Gasteiger charge is 2.20. The van der Waals surface area contributed by atoms with E-state index in [1.54, 1.807) is 43.5 Å². The highest BCUT2D eigenvalue weighted by molar-refractivity contribution is 9.10. The van der Waals surface area contributed by atoms with Crippen LogP contribution in [0.1, 0.15) is 5.56 Å². The predicted molar refractivity (Wildman–Crippen MR) is 127 cm³/mol. The Morgan fingerprint density at radius 1 is 1.03 bits per heavy atom. The predicted octanol–water partition coefficient (Wildman–Crippen LogP) is 7.44. The zero-order valence-electron chi connectivity index (χ0n) is 16.2. The highest BCUT2D eigenvalue weighted by atomic mass is 79.9. The molecule has 9 heteroatoms. The second-order valence-electron chi connectivity index (χ2n) is 6.49. The topological polar surface area (TPSA) is 39.9 Å². The van der Waals surface area contributed by atoms with Crippen molar-refractivity contribution >= 4 is 50.9 Å². The average Bonchev–Trinajstić information content (AvgIpc) is 3.17. The van der Waals surface area contributed by atoms with E-state index in [-0.39, 0.29) is 5.82 Å². The SMILES string of the molecule is COc1ccc(Cl)cc1-n1c(SCc2ccc(Br)cc2F)nnc1-c1cccc(Cl)c1. The Morgan fingerprint density at radius 3 is 2.58 bits per heavy atom. The first kappa shape index (κ1) is 22.1. The molecule has 0 aliphatic heterocycles. The molecule has 4 nitrogen and oxygen atoms in total. The summed E-state index contributed by atoms with van der Waals surface area (Å²) in [5, 5.41) is 10.4. The van der Waals surface area contributed by atoms with Crippen molar-refractivity contribution in [3.63, 3.8) is 0 Å². The van der Waals surface area contributed by atoms with Crippen molar-refractivity contribution in [1.82, 2.24) is 14.8 Å². The van der Waals surface area contributed by atoms with Crippen LogP contribution in [0, 0.1) is 5.82 Å². The molecule has 4 rings (SSSR count). The van der Waals surface area contributed by atoms with E-state index < -0.39 is 0 Å². The van der Waals surface area contributed by atoms with E-state index in [1.165, 1.54) is 17.8 Å². The molecule has 3 aromatic carbocycles. The summed E-state index contributed by atoms with van der Waals surface area (Å²) < 4.78 is 22.4. The fourth-order valence-corrected chi connectivity index (χ4v) is 4.64. The first-order chi connectivity index (χ1) is 15.0. The first-order valence-corrected chi connectivity index (χ1v) is 11.6. The Kier molecular flexibility index (Phi) is 6.86. The number of methoxy groups -OCH3 is 1. The maximum absolute atomic E-state index is 14.3. The zero-order valence-corrected chi connectivity index (χ0v) is 20.1. The van der Waals surface area contributed by atoms with Crippen LogP contribution in [0.5, 0.6) is 5.75 Å². The number of halogens is 4. The Balaban J connectivity index is 1.81. The molecule has 0 N–H and O–H groups in total. The van der Waals surface area contributed by atoms with Crippen molar-refractivity contribution in [1.29, 1.82) is 0 Å². The van der Waals surface area contributed by atoms with E-state index >= 15 is 0 Å². The van der Waals surface area contributed by atoms with E-state index in [0.717, 1.165) is 5.56 Å². The molecular weight excluding hydrogens is 524 g/mol. The summed E-state index contributed by atoms with van der Waals surface area (Å²) in [6.45, 7) is 0.